The lowest BCUT2D eigenvalue weighted by Gasteiger charge is -2.29. The first-order chi connectivity index (χ1) is 13.6. The van der Waals surface area contributed by atoms with Crippen molar-refractivity contribution < 1.29 is 19.3 Å². The van der Waals surface area contributed by atoms with Crippen molar-refractivity contribution >= 4 is 16.3 Å². The Balaban J connectivity index is 1.94. The summed E-state index contributed by atoms with van der Waals surface area (Å²) >= 11 is 1.44. The summed E-state index contributed by atoms with van der Waals surface area (Å²) in [4.78, 5) is 8.21. The molecule has 0 radical (unpaired) electrons. The number of fused-ring (bicyclic) bond motifs is 1. The van der Waals surface area contributed by atoms with Gasteiger partial charge >= 0.3 is 0 Å². The monoisotopic (exact) mass is 404 g/mol. The van der Waals surface area contributed by atoms with Crippen LogP contribution in [0.25, 0.3) is 4.96 Å². The van der Waals surface area contributed by atoms with Crippen LogP contribution in [-0.4, -0.2) is 59.0 Å². The molecular weight excluding hydrogens is 380 g/mol. The molecule has 0 saturated carbocycles. The Morgan fingerprint density at radius 2 is 1.86 bits per heavy atom. The summed E-state index contributed by atoms with van der Waals surface area (Å²) < 4.78 is 18.3. The van der Waals surface area contributed by atoms with E-state index in [4.69, 9.17) is 14.2 Å². The summed E-state index contributed by atoms with van der Waals surface area (Å²) in [5.74, 6) is 2.64. The third-order valence-corrected chi connectivity index (χ3v) is 6.14. The maximum atomic E-state index is 11.0. The van der Waals surface area contributed by atoms with Crippen LogP contribution in [0.1, 0.15) is 35.1 Å². The number of ether oxygens (including phenoxy) is 3. The van der Waals surface area contributed by atoms with Crippen molar-refractivity contribution in [2.24, 2.45) is 0 Å². The molecule has 1 aromatic carbocycles. The lowest BCUT2D eigenvalue weighted by atomic mass is 10.0. The van der Waals surface area contributed by atoms with Gasteiger partial charge in [-0.25, -0.2) is 4.98 Å². The number of methoxy groups -OCH3 is 3. The molecule has 1 aliphatic rings. The molecule has 8 nitrogen and oxygen atoms in total. The molecule has 0 bridgehead atoms. The number of nitrogens with zero attached hydrogens (tertiary/aromatic N) is 4. The van der Waals surface area contributed by atoms with E-state index >= 15 is 0 Å². The van der Waals surface area contributed by atoms with Crippen LogP contribution >= 0.6 is 11.3 Å². The van der Waals surface area contributed by atoms with Crippen molar-refractivity contribution in [2.45, 2.75) is 25.8 Å². The molecular formula is C19H24N4O4S. The van der Waals surface area contributed by atoms with Gasteiger partial charge in [-0.2, -0.15) is 4.52 Å². The van der Waals surface area contributed by atoms with Crippen LogP contribution in [0.3, 0.4) is 0 Å². The van der Waals surface area contributed by atoms with Gasteiger partial charge in [0.25, 0.3) is 0 Å². The van der Waals surface area contributed by atoms with Crippen LogP contribution in [-0.2, 0) is 0 Å². The van der Waals surface area contributed by atoms with Crippen molar-refractivity contribution in [3.8, 4) is 23.1 Å². The molecule has 3 aromatic rings. The third kappa shape index (κ3) is 3.04. The summed E-state index contributed by atoms with van der Waals surface area (Å²) in [5.41, 5.74) is 0.886. The van der Waals surface area contributed by atoms with Crippen molar-refractivity contribution in [3.05, 3.63) is 28.4 Å². The summed E-state index contributed by atoms with van der Waals surface area (Å²) in [6, 6.07) is 3.54. The Kier molecular flexibility index (Phi) is 5.03. The lowest BCUT2D eigenvalue weighted by molar-refractivity contribution is 0.265. The Morgan fingerprint density at radius 1 is 1.11 bits per heavy atom. The normalized spacial score (nSPS) is 15.9. The van der Waals surface area contributed by atoms with E-state index in [1.165, 1.54) is 15.9 Å². The topological polar surface area (TPSA) is 81.3 Å². The Morgan fingerprint density at radius 3 is 2.46 bits per heavy atom. The van der Waals surface area contributed by atoms with E-state index in [0.29, 0.717) is 28.0 Å². The van der Waals surface area contributed by atoms with Gasteiger partial charge in [0.1, 0.15) is 11.6 Å². The highest BCUT2D eigenvalue weighted by Gasteiger charge is 2.34. The van der Waals surface area contributed by atoms with E-state index in [1.807, 2.05) is 13.0 Å². The Labute approximate surface area is 167 Å². The van der Waals surface area contributed by atoms with Crippen molar-refractivity contribution in [1.82, 2.24) is 19.5 Å². The van der Waals surface area contributed by atoms with Crippen LogP contribution < -0.4 is 14.2 Å². The van der Waals surface area contributed by atoms with E-state index in [1.54, 1.807) is 27.4 Å². The number of benzene rings is 1. The van der Waals surface area contributed by atoms with Gasteiger partial charge < -0.3 is 19.3 Å². The van der Waals surface area contributed by atoms with Crippen LogP contribution in [0.2, 0.25) is 0 Å². The van der Waals surface area contributed by atoms with Crippen LogP contribution in [0.15, 0.2) is 12.1 Å². The molecule has 0 amide bonds. The van der Waals surface area contributed by atoms with Crippen LogP contribution in [0.5, 0.6) is 23.1 Å². The van der Waals surface area contributed by atoms with Gasteiger partial charge in [-0.15, -0.1) is 5.10 Å². The Hall–Kier alpha value is -2.52. The fourth-order valence-corrected chi connectivity index (χ4v) is 4.97. The van der Waals surface area contributed by atoms with Gasteiger partial charge in [-0.3, -0.25) is 4.90 Å². The molecule has 3 heterocycles. The molecule has 1 atom stereocenters. The number of hydrogen-bond donors (Lipinski definition) is 1. The van der Waals surface area contributed by atoms with Gasteiger partial charge in [-0.1, -0.05) is 11.3 Å². The second-order valence-corrected chi connectivity index (χ2v) is 7.75. The fraction of sp³-hybridized carbons (Fsp3) is 0.474. The molecule has 9 heteroatoms. The van der Waals surface area contributed by atoms with Gasteiger partial charge in [0, 0.05) is 11.6 Å². The summed E-state index contributed by atoms with van der Waals surface area (Å²) in [6.45, 7) is 3.67. The zero-order chi connectivity index (χ0) is 19.8. The highest BCUT2D eigenvalue weighted by atomic mass is 32.1. The molecule has 1 aliphatic heterocycles. The molecule has 1 N–H and O–H groups in total. The van der Waals surface area contributed by atoms with E-state index in [0.717, 1.165) is 36.4 Å². The average Bonchev–Trinajstić information content (AvgIpc) is 3.41. The number of hydrogen-bond acceptors (Lipinski definition) is 8. The van der Waals surface area contributed by atoms with Crippen LogP contribution in [0.4, 0.5) is 0 Å². The lowest BCUT2D eigenvalue weighted by Crippen LogP contribution is -2.26. The van der Waals surface area contributed by atoms with Gasteiger partial charge in [0.05, 0.1) is 32.2 Å². The predicted molar refractivity (Wildman–Crippen MR) is 106 cm³/mol. The minimum atomic E-state index is -0.213. The SMILES string of the molecule is COc1cc(OC)c(OC)c([C@H](c2sc3nc(C)nn3c2O)N2CCCC2)c1. The maximum Gasteiger partial charge on any atom is 0.230 e. The zero-order valence-electron chi connectivity index (χ0n) is 16.4. The highest BCUT2D eigenvalue weighted by molar-refractivity contribution is 7.17. The number of aromatic hydroxyl groups is 1. The standard InChI is InChI=1S/C19H24N4O4S/c1-11-20-19-23(21-11)18(24)17(28-19)15(22-7-5-6-8-22)13-9-12(25-2)10-14(26-3)16(13)27-4/h9-10,15,24H,5-8H2,1-4H3/t15-/m1/s1. The summed E-state index contributed by atoms with van der Waals surface area (Å²) in [6.07, 6.45) is 2.22. The largest absolute Gasteiger partial charge is 0.497 e. The first-order valence-corrected chi connectivity index (χ1v) is 9.98. The molecule has 0 spiro atoms. The molecule has 0 aliphatic carbocycles. The second kappa shape index (κ2) is 7.48. The van der Waals surface area contributed by atoms with Gasteiger partial charge in [0.15, 0.2) is 11.5 Å². The van der Waals surface area contributed by atoms with Crippen LogP contribution in [0, 0.1) is 6.92 Å². The second-order valence-electron chi connectivity index (χ2n) is 6.74. The third-order valence-electron chi connectivity index (χ3n) is 5.07. The zero-order valence-corrected chi connectivity index (χ0v) is 17.2. The van der Waals surface area contributed by atoms with Gasteiger partial charge in [0.2, 0.25) is 10.8 Å². The van der Waals surface area contributed by atoms with E-state index < -0.39 is 0 Å². The average molecular weight is 404 g/mol. The molecule has 4 rings (SSSR count). The minimum absolute atomic E-state index is 0.112. The molecule has 1 saturated heterocycles. The maximum absolute atomic E-state index is 11.0. The smallest absolute Gasteiger partial charge is 0.230 e. The number of likely N-dealkylation sites (tertiary alicyclic amines) is 1. The number of thiazole rings is 1. The quantitative estimate of drug-likeness (QED) is 0.676. The van der Waals surface area contributed by atoms with Gasteiger partial charge in [-0.05, 0) is 38.9 Å². The van der Waals surface area contributed by atoms with Crippen molar-refractivity contribution in [1.29, 1.82) is 0 Å². The van der Waals surface area contributed by atoms with Crippen molar-refractivity contribution in [3.63, 3.8) is 0 Å². The molecule has 28 heavy (non-hydrogen) atoms. The first kappa shape index (κ1) is 18.8. The number of aryl methyl sites for hydroxylation is 1. The number of aromatic nitrogens is 3. The first-order valence-electron chi connectivity index (χ1n) is 9.16. The Bertz CT molecular complexity index is 994. The summed E-state index contributed by atoms with van der Waals surface area (Å²) in [7, 11) is 4.86. The number of rotatable bonds is 6. The van der Waals surface area contributed by atoms with E-state index in [2.05, 4.69) is 15.0 Å². The fourth-order valence-electron chi connectivity index (χ4n) is 3.82. The van der Waals surface area contributed by atoms with Crippen molar-refractivity contribution in [2.75, 3.05) is 34.4 Å². The molecule has 1 fully saturated rings. The minimum Gasteiger partial charge on any atom is -0.497 e. The molecule has 0 unspecified atom stereocenters. The predicted octanol–water partition coefficient (Wildman–Crippen LogP) is 3.02. The molecule has 2 aromatic heterocycles. The summed E-state index contributed by atoms with van der Waals surface area (Å²) in [5, 5.41) is 15.3. The molecule has 150 valence electrons. The highest BCUT2D eigenvalue weighted by Crippen LogP contribution is 2.47. The van der Waals surface area contributed by atoms with E-state index in [-0.39, 0.29) is 11.9 Å². The van der Waals surface area contributed by atoms with E-state index in [9.17, 15) is 5.11 Å².